The zero-order valence-electron chi connectivity index (χ0n) is 22.3. The quantitative estimate of drug-likeness (QED) is 0.320. The number of carboxylic acid groups (broad SMARTS) is 1. The van der Waals surface area contributed by atoms with E-state index in [2.05, 4.69) is 6.58 Å². The summed E-state index contributed by atoms with van der Waals surface area (Å²) >= 11 is 0. The number of amides is 2. The number of phenols is 1. The number of para-hydroxylation sites is 1. The van der Waals surface area contributed by atoms with Crippen molar-refractivity contribution < 1.29 is 34.2 Å². The van der Waals surface area contributed by atoms with Gasteiger partial charge in [0.1, 0.15) is 5.75 Å². The van der Waals surface area contributed by atoms with Crippen molar-refractivity contribution in [3.05, 3.63) is 106 Å². The van der Waals surface area contributed by atoms with Crippen LogP contribution in [-0.4, -0.2) is 39.6 Å². The van der Waals surface area contributed by atoms with Crippen LogP contribution in [0.4, 0.5) is 5.69 Å². The number of hydrogen-bond acceptors (Lipinski definition) is 6. The van der Waals surface area contributed by atoms with Crippen molar-refractivity contribution in [1.29, 1.82) is 0 Å². The predicted octanol–water partition coefficient (Wildman–Crippen LogP) is 4.45. The molecule has 0 bridgehead atoms. The van der Waals surface area contributed by atoms with Gasteiger partial charge in [-0.1, -0.05) is 42.0 Å². The van der Waals surface area contributed by atoms with E-state index in [1.807, 2.05) is 6.08 Å². The molecule has 2 aromatic rings. The maximum Gasteiger partial charge on any atom is 0.335 e. The van der Waals surface area contributed by atoms with E-state index in [1.54, 1.807) is 31.2 Å². The molecule has 8 nitrogen and oxygen atoms in total. The highest BCUT2D eigenvalue weighted by Crippen LogP contribution is 2.56. The molecule has 41 heavy (non-hydrogen) atoms. The summed E-state index contributed by atoms with van der Waals surface area (Å²) in [6, 6.07) is 11.0. The van der Waals surface area contributed by atoms with Crippen molar-refractivity contribution in [2.45, 2.75) is 32.1 Å². The highest BCUT2D eigenvalue weighted by atomic mass is 16.4. The van der Waals surface area contributed by atoms with Gasteiger partial charge in [-0.15, -0.1) is 6.58 Å². The molecule has 0 radical (unpaired) electrons. The van der Waals surface area contributed by atoms with Gasteiger partial charge in [-0.05, 0) is 61.9 Å². The molecule has 4 aliphatic rings. The third kappa shape index (κ3) is 3.93. The number of carboxylic acids is 1. The zero-order chi connectivity index (χ0) is 29.2. The Labute approximate surface area is 236 Å². The Kier molecular flexibility index (Phi) is 6.21. The molecule has 206 valence electrons. The second-order valence-electron chi connectivity index (χ2n) is 10.9. The van der Waals surface area contributed by atoms with E-state index in [-0.39, 0.29) is 41.4 Å². The van der Waals surface area contributed by atoms with Crippen molar-refractivity contribution in [3.63, 3.8) is 0 Å². The minimum atomic E-state index is -1.18. The molecule has 0 saturated carbocycles. The lowest BCUT2D eigenvalue weighted by molar-refractivity contribution is -0.123. The van der Waals surface area contributed by atoms with Crippen molar-refractivity contribution in [2.24, 2.45) is 17.8 Å². The summed E-state index contributed by atoms with van der Waals surface area (Å²) in [7, 11) is 0. The standard InChI is InChI=1S/C33H27NO7/c1-3-6-17-7-5-10-21(30(17)37)26-20-11-12-22-27(23(20)15-24-28(26)25(35)13-16(2)29(24)36)32(39)34(31(22)38)19-9-4-8-18(14-19)33(40)41/h3-5,7-11,13-14,22-23,26-27,37H,1,6,12,15H2,2H3,(H,40,41)/t22-,23+,26+,27-/m0/s1. The number of aromatic carboxylic acids is 1. The summed E-state index contributed by atoms with van der Waals surface area (Å²) in [6.07, 6.45) is 5.62. The topological polar surface area (TPSA) is 129 Å². The van der Waals surface area contributed by atoms with Crippen LogP contribution in [0.1, 0.15) is 47.2 Å². The molecule has 2 amide bonds. The average Bonchev–Trinajstić information content (AvgIpc) is 3.21. The molecule has 8 heteroatoms. The SMILES string of the molecule is C=CCc1cccc([C@H]2C3=CC[C@@H]4C(=O)N(c5cccc(C(=O)O)c5)C(=O)[C@@H]4[C@@H]3CC3=C2C(=O)C=C(C)C3=O)c1O. The molecule has 1 aliphatic heterocycles. The first-order chi connectivity index (χ1) is 19.6. The molecule has 2 aromatic carbocycles. The second-order valence-corrected chi connectivity index (χ2v) is 10.9. The molecule has 0 spiro atoms. The van der Waals surface area contributed by atoms with Crippen LogP contribution in [0.2, 0.25) is 0 Å². The van der Waals surface area contributed by atoms with Crippen LogP contribution in [0.3, 0.4) is 0 Å². The summed E-state index contributed by atoms with van der Waals surface area (Å²) in [5, 5.41) is 20.8. The fourth-order valence-electron chi connectivity index (χ4n) is 6.93. The fraction of sp³-hybridized carbons (Fsp3) is 0.242. The van der Waals surface area contributed by atoms with Crippen LogP contribution >= 0.6 is 0 Å². The molecule has 1 heterocycles. The monoisotopic (exact) mass is 549 g/mol. The van der Waals surface area contributed by atoms with Crippen LogP contribution in [0.5, 0.6) is 5.75 Å². The van der Waals surface area contributed by atoms with Gasteiger partial charge in [0.05, 0.1) is 23.1 Å². The predicted molar refractivity (Wildman–Crippen MR) is 149 cm³/mol. The Morgan fingerprint density at radius 3 is 2.56 bits per heavy atom. The smallest absolute Gasteiger partial charge is 0.335 e. The Balaban J connectivity index is 1.49. The molecule has 1 fully saturated rings. The van der Waals surface area contributed by atoms with E-state index in [4.69, 9.17) is 0 Å². The van der Waals surface area contributed by atoms with Gasteiger partial charge in [0.2, 0.25) is 11.8 Å². The minimum Gasteiger partial charge on any atom is -0.507 e. The number of rotatable bonds is 5. The van der Waals surface area contributed by atoms with Gasteiger partial charge in [0, 0.05) is 28.2 Å². The second kappa shape index (κ2) is 9.66. The van der Waals surface area contributed by atoms with Crippen LogP contribution < -0.4 is 4.90 Å². The molecule has 0 aromatic heterocycles. The number of ketones is 2. The number of imide groups is 1. The van der Waals surface area contributed by atoms with Gasteiger partial charge in [-0.3, -0.25) is 24.1 Å². The van der Waals surface area contributed by atoms with Gasteiger partial charge in [-0.2, -0.15) is 0 Å². The normalized spacial score (nSPS) is 25.3. The highest BCUT2D eigenvalue weighted by Gasteiger charge is 2.56. The molecular formula is C33H27NO7. The number of fused-ring (bicyclic) bond motifs is 3. The summed E-state index contributed by atoms with van der Waals surface area (Å²) < 4.78 is 0. The summed E-state index contributed by atoms with van der Waals surface area (Å²) in [5.41, 5.74) is 2.86. The Hall–Kier alpha value is -4.85. The third-order valence-corrected chi connectivity index (χ3v) is 8.74. The number of allylic oxidation sites excluding steroid dienone is 7. The molecule has 3 aliphatic carbocycles. The molecule has 4 atom stereocenters. The first kappa shape index (κ1) is 26.4. The molecule has 2 N–H and O–H groups in total. The van der Waals surface area contributed by atoms with Crippen molar-refractivity contribution >= 4 is 35.0 Å². The number of anilines is 1. The first-order valence-corrected chi connectivity index (χ1v) is 13.5. The number of carbonyl (C=O) groups excluding carboxylic acids is 4. The average molecular weight is 550 g/mol. The van der Waals surface area contributed by atoms with E-state index >= 15 is 0 Å². The first-order valence-electron chi connectivity index (χ1n) is 13.5. The number of carbonyl (C=O) groups is 5. The summed E-state index contributed by atoms with van der Waals surface area (Å²) in [5.74, 6) is -5.48. The lowest BCUT2D eigenvalue weighted by Gasteiger charge is -2.42. The highest BCUT2D eigenvalue weighted by molar-refractivity contribution is 6.25. The van der Waals surface area contributed by atoms with E-state index < -0.39 is 41.5 Å². The van der Waals surface area contributed by atoms with Crippen LogP contribution in [0.25, 0.3) is 0 Å². The lowest BCUT2D eigenvalue weighted by atomic mass is 9.59. The van der Waals surface area contributed by atoms with Crippen LogP contribution in [-0.2, 0) is 25.6 Å². The Morgan fingerprint density at radius 2 is 1.83 bits per heavy atom. The van der Waals surface area contributed by atoms with Crippen molar-refractivity contribution in [1.82, 2.24) is 0 Å². The number of hydrogen-bond donors (Lipinski definition) is 2. The number of nitrogens with zero attached hydrogens (tertiary/aromatic N) is 1. The largest absolute Gasteiger partial charge is 0.507 e. The number of benzene rings is 2. The molecule has 1 saturated heterocycles. The van der Waals surface area contributed by atoms with Gasteiger partial charge in [0.15, 0.2) is 11.6 Å². The van der Waals surface area contributed by atoms with Gasteiger partial charge < -0.3 is 10.2 Å². The van der Waals surface area contributed by atoms with E-state index in [1.165, 1.54) is 30.3 Å². The fourth-order valence-corrected chi connectivity index (χ4v) is 6.93. The number of Topliss-reactive ketones (excluding diaryl/α,β-unsaturated/α-hetero) is 1. The van der Waals surface area contributed by atoms with Crippen molar-refractivity contribution in [2.75, 3.05) is 4.90 Å². The van der Waals surface area contributed by atoms with Crippen LogP contribution in [0, 0.1) is 17.8 Å². The molecule has 0 unspecified atom stereocenters. The van der Waals surface area contributed by atoms with Gasteiger partial charge in [0.25, 0.3) is 0 Å². The van der Waals surface area contributed by atoms with E-state index in [0.29, 0.717) is 34.3 Å². The third-order valence-electron chi connectivity index (χ3n) is 8.74. The Bertz CT molecular complexity index is 1690. The van der Waals surface area contributed by atoms with E-state index in [0.717, 1.165) is 10.5 Å². The van der Waals surface area contributed by atoms with Gasteiger partial charge in [-0.25, -0.2) is 4.79 Å². The lowest BCUT2D eigenvalue weighted by Crippen LogP contribution is -2.39. The summed E-state index contributed by atoms with van der Waals surface area (Å²) in [4.78, 5) is 67.1. The van der Waals surface area contributed by atoms with Crippen LogP contribution in [0.15, 0.2) is 89.6 Å². The van der Waals surface area contributed by atoms with E-state index in [9.17, 15) is 34.2 Å². The zero-order valence-corrected chi connectivity index (χ0v) is 22.3. The van der Waals surface area contributed by atoms with Crippen molar-refractivity contribution in [3.8, 4) is 5.75 Å². The maximum absolute atomic E-state index is 14.0. The summed E-state index contributed by atoms with van der Waals surface area (Å²) in [6.45, 7) is 5.34. The number of phenolic OH excluding ortho intramolecular Hbond substituents is 1. The Morgan fingerprint density at radius 1 is 1.07 bits per heavy atom. The maximum atomic E-state index is 14.0. The molecular weight excluding hydrogens is 522 g/mol. The minimum absolute atomic E-state index is 0.000356. The van der Waals surface area contributed by atoms with Gasteiger partial charge >= 0.3 is 5.97 Å². The number of aromatic hydroxyl groups is 1. The molecule has 6 rings (SSSR count).